The van der Waals surface area contributed by atoms with Gasteiger partial charge in [0.2, 0.25) is 0 Å². The van der Waals surface area contributed by atoms with Gasteiger partial charge in [-0.15, -0.1) is 0 Å². The summed E-state index contributed by atoms with van der Waals surface area (Å²) in [5.41, 5.74) is 2.14. The topological polar surface area (TPSA) is 49.7 Å². The zero-order valence-electron chi connectivity index (χ0n) is 15.0. The third kappa shape index (κ3) is 4.01. The van der Waals surface area contributed by atoms with Crippen molar-refractivity contribution in [1.82, 2.24) is 4.41 Å². The lowest BCUT2D eigenvalue weighted by molar-refractivity contribution is 0.371. The van der Waals surface area contributed by atoms with Crippen LogP contribution in [-0.2, 0) is 10.0 Å². The molecule has 3 aromatic carbocycles. The van der Waals surface area contributed by atoms with Crippen LogP contribution in [0.5, 0.6) is 0 Å². The Balaban J connectivity index is 1.82. The second kappa shape index (κ2) is 8.00. The minimum Gasteiger partial charge on any atom is -0.200 e. The van der Waals surface area contributed by atoms with Crippen LogP contribution >= 0.6 is 34.8 Å². The first-order valence-electron chi connectivity index (χ1n) is 8.74. The highest BCUT2D eigenvalue weighted by molar-refractivity contribution is 7.89. The Morgan fingerprint density at radius 2 is 1.41 bits per heavy atom. The molecule has 0 fully saturated rings. The maximum Gasteiger partial charge on any atom is 0.279 e. The van der Waals surface area contributed by atoms with Crippen molar-refractivity contribution in [2.75, 3.05) is 0 Å². The Bertz CT molecular complexity index is 1180. The molecular formula is C21H15Cl3N2O2S. The molecule has 1 aliphatic heterocycles. The largest absolute Gasteiger partial charge is 0.279 e. The first-order chi connectivity index (χ1) is 13.9. The quantitative estimate of drug-likeness (QED) is 0.461. The molecule has 0 aromatic heterocycles. The molecule has 29 heavy (non-hydrogen) atoms. The van der Waals surface area contributed by atoms with Crippen LogP contribution in [0.1, 0.15) is 23.6 Å². The van der Waals surface area contributed by atoms with Gasteiger partial charge < -0.3 is 0 Å². The van der Waals surface area contributed by atoms with Gasteiger partial charge in [-0.1, -0.05) is 65.1 Å². The van der Waals surface area contributed by atoms with Gasteiger partial charge in [-0.2, -0.15) is 17.9 Å². The predicted octanol–water partition coefficient (Wildman–Crippen LogP) is 6.19. The van der Waals surface area contributed by atoms with Gasteiger partial charge in [-0.3, -0.25) is 0 Å². The highest BCUT2D eigenvalue weighted by atomic mass is 35.5. The normalized spacial score (nSPS) is 16.7. The summed E-state index contributed by atoms with van der Waals surface area (Å²) in [6.07, 6.45) is 0.387. The second-order valence-electron chi connectivity index (χ2n) is 6.53. The molecule has 148 valence electrons. The molecule has 0 aliphatic carbocycles. The molecule has 0 bridgehead atoms. The number of halogens is 3. The minimum atomic E-state index is -3.92. The highest BCUT2D eigenvalue weighted by Crippen LogP contribution is 2.39. The van der Waals surface area contributed by atoms with E-state index >= 15 is 0 Å². The van der Waals surface area contributed by atoms with E-state index in [4.69, 9.17) is 34.8 Å². The number of rotatable bonds is 4. The van der Waals surface area contributed by atoms with E-state index < -0.39 is 16.1 Å². The molecule has 8 heteroatoms. The number of hydrazone groups is 1. The fourth-order valence-electron chi connectivity index (χ4n) is 3.22. The van der Waals surface area contributed by atoms with Crippen molar-refractivity contribution in [3.63, 3.8) is 0 Å². The summed E-state index contributed by atoms with van der Waals surface area (Å²) in [5.74, 6) is 0. The van der Waals surface area contributed by atoms with Gasteiger partial charge in [0.1, 0.15) is 0 Å². The monoisotopic (exact) mass is 464 g/mol. The maximum absolute atomic E-state index is 13.4. The predicted molar refractivity (Wildman–Crippen MR) is 117 cm³/mol. The van der Waals surface area contributed by atoms with Crippen molar-refractivity contribution >= 4 is 50.5 Å². The number of sulfonamides is 1. The lowest BCUT2D eigenvalue weighted by Gasteiger charge is -2.24. The Hall–Kier alpha value is -2.05. The van der Waals surface area contributed by atoms with Crippen molar-refractivity contribution in [3.8, 4) is 0 Å². The minimum absolute atomic E-state index is 0.111. The SMILES string of the molecule is O=S(=O)(c1ccc(Cl)cc1)N1N=C(c2ccc(Cl)cc2)CC1c1ccccc1Cl. The highest BCUT2D eigenvalue weighted by Gasteiger charge is 2.38. The molecule has 3 aromatic rings. The number of benzene rings is 3. The van der Waals surface area contributed by atoms with E-state index in [0.29, 0.717) is 32.8 Å². The molecule has 4 nitrogen and oxygen atoms in total. The maximum atomic E-state index is 13.4. The second-order valence-corrected chi connectivity index (χ2v) is 9.60. The lowest BCUT2D eigenvalue weighted by atomic mass is 9.99. The average Bonchev–Trinajstić information content (AvgIpc) is 3.15. The summed E-state index contributed by atoms with van der Waals surface area (Å²) in [5, 5.41) is 6.03. The van der Waals surface area contributed by atoms with Crippen LogP contribution in [0.4, 0.5) is 0 Å². The zero-order valence-corrected chi connectivity index (χ0v) is 18.1. The van der Waals surface area contributed by atoms with Gasteiger partial charge in [0.05, 0.1) is 16.6 Å². The molecule has 1 atom stereocenters. The van der Waals surface area contributed by atoms with E-state index in [1.807, 2.05) is 24.3 Å². The molecule has 0 N–H and O–H groups in total. The van der Waals surface area contributed by atoms with Crippen molar-refractivity contribution in [2.45, 2.75) is 17.4 Å². The molecule has 0 amide bonds. The van der Waals surface area contributed by atoms with E-state index in [1.54, 1.807) is 36.4 Å². The van der Waals surface area contributed by atoms with Gasteiger partial charge in [0, 0.05) is 21.5 Å². The van der Waals surface area contributed by atoms with Gasteiger partial charge in [-0.05, 0) is 53.6 Å². The van der Waals surface area contributed by atoms with E-state index in [2.05, 4.69) is 5.10 Å². The molecule has 0 spiro atoms. The number of nitrogens with zero attached hydrogens (tertiary/aromatic N) is 2. The van der Waals surface area contributed by atoms with Gasteiger partial charge in [0.15, 0.2) is 0 Å². The van der Waals surface area contributed by atoms with E-state index in [-0.39, 0.29) is 4.90 Å². The summed E-state index contributed by atoms with van der Waals surface area (Å²) in [7, 11) is -3.92. The van der Waals surface area contributed by atoms with Gasteiger partial charge >= 0.3 is 0 Å². The van der Waals surface area contributed by atoms with Crippen LogP contribution in [0.25, 0.3) is 0 Å². The van der Waals surface area contributed by atoms with Crippen LogP contribution in [-0.4, -0.2) is 18.5 Å². The number of hydrogen-bond donors (Lipinski definition) is 0. The Labute approximate surface area is 184 Å². The zero-order chi connectivity index (χ0) is 20.6. The third-order valence-electron chi connectivity index (χ3n) is 4.67. The average molecular weight is 466 g/mol. The van der Waals surface area contributed by atoms with Crippen LogP contribution in [0.15, 0.2) is 82.8 Å². The van der Waals surface area contributed by atoms with E-state index in [1.165, 1.54) is 12.1 Å². The number of hydrogen-bond acceptors (Lipinski definition) is 3. The van der Waals surface area contributed by atoms with E-state index in [0.717, 1.165) is 9.98 Å². The first kappa shape index (κ1) is 20.2. The summed E-state index contributed by atoms with van der Waals surface area (Å²) in [4.78, 5) is 0.111. The third-order valence-corrected chi connectivity index (χ3v) is 7.22. The fourth-order valence-corrected chi connectivity index (χ4v) is 5.16. The molecule has 0 radical (unpaired) electrons. The van der Waals surface area contributed by atoms with Gasteiger partial charge in [-0.25, -0.2) is 0 Å². The van der Waals surface area contributed by atoms with Crippen LogP contribution in [0.2, 0.25) is 15.1 Å². The molecule has 1 heterocycles. The molecule has 1 aliphatic rings. The van der Waals surface area contributed by atoms with Crippen molar-refractivity contribution in [1.29, 1.82) is 0 Å². The Kier molecular flexibility index (Phi) is 5.58. The summed E-state index contributed by atoms with van der Waals surface area (Å²) < 4.78 is 27.9. The van der Waals surface area contributed by atoms with Crippen LogP contribution in [0.3, 0.4) is 0 Å². The van der Waals surface area contributed by atoms with Crippen LogP contribution in [0, 0.1) is 0 Å². The van der Waals surface area contributed by atoms with Crippen molar-refractivity contribution in [3.05, 3.63) is 99.0 Å². The van der Waals surface area contributed by atoms with Crippen molar-refractivity contribution in [2.24, 2.45) is 5.10 Å². The van der Waals surface area contributed by atoms with Crippen LogP contribution < -0.4 is 0 Å². The fraction of sp³-hybridized carbons (Fsp3) is 0.0952. The van der Waals surface area contributed by atoms with Gasteiger partial charge in [0.25, 0.3) is 10.0 Å². The van der Waals surface area contributed by atoms with E-state index in [9.17, 15) is 8.42 Å². The lowest BCUT2D eigenvalue weighted by Crippen LogP contribution is -2.27. The summed E-state index contributed by atoms with van der Waals surface area (Å²) in [6, 6.07) is 19.8. The molecule has 4 rings (SSSR count). The summed E-state index contributed by atoms with van der Waals surface area (Å²) >= 11 is 18.3. The standard InChI is InChI=1S/C21H15Cl3N2O2S/c22-15-7-5-14(6-8-15)20-13-21(18-3-1-2-4-19(18)24)26(25-20)29(27,28)17-11-9-16(23)10-12-17/h1-12,21H,13H2. The van der Waals surface area contributed by atoms with Crippen molar-refractivity contribution < 1.29 is 8.42 Å². The molecular weight excluding hydrogens is 451 g/mol. The molecule has 1 unspecified atom stereocenters. The smallest absolute Gasteiger partial charge is 0.200 e. The molecule has 0 saturated carbocycles. The Morgan fingerprint density at radius 1 is 0.828 bits per heavy atom. The first-order valence-corrected chi connectivity index (χ1v) is 11.3. The molecule has 0 saturated heterocycles. The summed E-state index contributed by atoms with van der Waals surface area (Å²) in [6.45, 7) is 0. The Morgan fingerprint density at radius 3 is 2.03 bits per heavy atom.